The minimum Gasteiger partial charge on any atom is -0.480 e. The summed E-state index contributed by atoms with van der Waals surface area (Å²) in [6, 6.07) is -0.950. The molecule has 8 atom stereocenters. The molecular weight excluding hydrogens is 1550 g/mol. The second kappa shape index (κ2) is 77.1. The molecule has 0 aliphatic rings. The summed E-state index contributed by atoms with van der Waals surface area (Å²) in [5.41, 5.74) is 15.7. The SMILES string of the molecule is CC(N)=NC/C(F)=C/CCC(N)C(=O)O.CCOOC/C(F)=C/CCC(C)C(=O)OC.COC(=O)C(C)CC/C=C(\F)CN=C(C)N.COC(=O)C(C)CC/C=C(\F)CO.COC(=O)C(C)CC/C=C(\F)Cn1c(C)noc1=O.COC(=O)C(C)CCCBr.COC(=O)C(C)CCCO.COC(=O)CCC(C)C(=O)OC. The largest absolute Gasteiger partial charge is 0.480 e. The summed E-state index contributed by atoms with van der Waals surface area (Å²) < 4.78 is 107. The summed E-state index contributed by atoms with van der Waals surface area (Å²) in [7, 11) is 10.8. The lowest BCUT2D eigenvalue weighted by Crippen LogP contribution is -2.29. The van der Waals surface area contributed by atoms with Crippen LogP contribution in [0.15, 0.2) is 78.8 Å². The van der Waals surface area contributed by atoms with Gasteiger partial charge in [0.25, 0.3) is 0 Å². The average Bonchev–Trinajstić information content (AvgIpc) is 1.73. The summed E-state index contributed by atoms with van der Waals surface area (Å²) in [6.07, 6.45) is 15.1. The number of carboxylic acid groups (broad SMARTS) is 1. The predicted octanol–water partition coefficient (Wildman–Crippen LogP) is 10.9. The third kappa shape index (κ3) is 74.3. The summed E-state index contributed by atoms with van der Waals surface area (Å²) in [4.78, 5) is 125. The van der Waals surface area contributed by atoms with E-state index in [-0.39, 0.29) is 147 Å². The molecule has 0 aliphatic heterocycles. The Hall–Kier alpha value is -8.26. The van der Waals surface area contributed by atoms with Crippen LogP contribution >= 0.6 is 15.9 Å². The van der Waals surface area contributed by atoms with Gasteiger partial charge >= 0.3 is 59.5 Å². The number of allylic oxidation sites excluding steroid dienone is 6. The fourth-order valence-electron chi connectivity index (χ4n) is 7.52. The molecule has 644 valence electrons. The molecule has 1 heterocycles. The van der Waals surface area contributed by atoms with Crippen LogP contribution in [0, 0.1) is 48.3 Å². The van der Waals surface area contributed by atoms with Crippen LogP contribution < -0.4 is 23.0 Å². The van der Waals surface area contributed by atoms with E-state index in [1.165, 1.54) is 87.3 Å². The van der Waals surface area contributed by atoms with Crippen molar-refractivity contribution in [2.24, 2.45) is 68.6 Å². The number of nitrogens with zero attached hydrogens (tertiary/aromatic N) is 4. The predicted molar refractivity (Wildman–Crippen MR) is 411 cm³/mol. The van der Waals surface area contributed by atoms with Gasteiger partial charge < -0.3 is 70.4 Å². The molecule has 0 aliphatic carbocycles. The van der Waals surface area contributed by atoms with Crippen LogP contribution in [0.25, 0.3) is 0 Å². The van der Waals surface area contributed by atoms with E-state index in [9.17, 15) is 69.9 Å². The van der Waals surface area contributed by atoms with Gasteiger partial charge in [-0.3, -0.25) is 62.2 Å². The maximum Gasteiger partial charge on any atom is 0.441 e. The molecule has 0 saturated heterocycles. The van der Waals surface area contributed by atoms with Crippen molar-refractivity contribution in [3.8, 4) is 0 Å². The number of alkyl halides is 1. The van der Waals surface area contributed by atoms with Gasteiger partial charge in [0.05, 0.1) is 143 Å². The van der Waals surface area contributed by atoms with Crippen molar-refractivity contribution in [2.45, 2.75) is 191 Å². The third-order valence-electron chi connectivity index (χ3n) is 14.5. The van der Waals surface area contributed by atoms with Crippen LogP contribution in [0.5, 0.6) is 0 Å². The van der Waals surface area contributed by atoms with Crippen molar-refractivity contribution in [2.75, 3.05) is 102 Å². The molecule has 0 radical (unpaired) electrons. The van der Waals surface area contributed by atoms with Crippen molar-refractivity contribution in [3.05, 3.63) is 75.9 Å². The van der Waals surface area contributed by atoms with Crippen molar-refractivity contribution >= 4 is 81.3 Å². The smallest absolute Gasteiger partial charge is 0.441 e. The molecule has 1 rings (SSSR count). The highest BCUT2D eigenvalue weighted by Crippen LogP contribution is 2.16. The number of esters is 8. The third-order valence-corrected chi connectivity index (χ3v) is 15.1. The Bertz CT molecular complexity index is 2970. The molecule has 8 unspecified atom stereocenters. The van der Waals surface area contributed by atoms with Crippen molar-refractivity contribution < 1.29 is 133 Å². The number of hydrogen-bond donors (Lipinski definition) is 6. The quantitative estimate of drug-likeness (QED) is 0.00407. The molecule has 37 heteroatoms. The zero-order valence-electron chi connectivity index (χ0n) is 68.2. The molecule has 111 heavy (non-hydrogen) atoms. The molecule has 1 aromatic rings. The number of amidine groups is 2. The van der Waals surface area contributed by atoms with Crippen LogP contribution in [0.3, 0.4) is 0 Å². The molecular formula is C74H127BrF5N7O24. The Morgan fingerprint density at radius 3 is 1.13 bits per heavy atom. The Kier molecular flexibility index (Phi) is 80.6. The second-order valence-electron chi connectivity index (χ2n) is 24.2. The molecule has 0 fully saturated rings. The van der Waals surface area contributed by atoms with Gasteiger partial charge in [-0.2, -0.15) is 0 Å². The number of aliphatic carboxylic acids is 1. The number of aliphatic hydroxyl groups is 2. The molecule has 0 spiro atoms. The van der Waals surface area contributed by atoms with Crippen LogP contribution in [-0.4, -0.2) is 198 Å². The van der Waals surface area contributed by atoms with Crippen molar-refractivity contribution in [3.63, 3.8) is 0 Å². The van der Waals surface area contributed by atoms with Crippen molar-refractivity contribution in [1.29, 1.82) is 0 Å². The second-order valence-corrected chi connectivity index (χ2v) is 25.0. The van der Waals surface area contributed by atoms with E-state index >= 15 is 0 Å². The minimum absolute atomic E-state index is 0.0328. The first kappa shape index (κ1) is 116. The fourth-order valence-corrected chi connectivity index (χ4v) is 7.84. The van der Waals surface area contributed by atoms with Crippen LogP contribution in [-0.2, 0) is 97.4 Å². The number of halogens is 6. The number of ether oxygens (including phenoxy) is 8. The monoisotopic (exact) mass is 1670 g/mol. The number of hydrogen-bond acceptors (Lipinski definition) is 27. The van der Waals surface area contributed by atoms with E-state index < -0.39 is 47.7 Å². The Balaban J connectivity index is -0.000000225. The van der Waals surface area contributed by atoms with Gasteiger partial charge in [-0.25, -0.2) is 36.5 Å². The fraction of sp³-hybridized carbons (Fsp3) is 0.689. The van der Waals surface area contributed by atoms with Crippen molar-refractivity contribution in [1.82, 2.24) is 9.72 Å². The highest BCUT2D eigenvalue weighted by atomic mass is 79.9. The van der Waals surface area contributed by atoms with E-state index in [2.05, 4.69) is 83.3 Å². The van der Waals surface area contributed by atoms with Crippen LogP contribution in [0.4, 0.5) is 22.0 Å². The van der Waals surface area contributed by atoms with Gasteiger partial charge in [0.2, 0.25) is 0 Å². The highest BCUT2D eigenvalue weighted by molar-refractivity contribution is 9.09. The molecule has 0 bridgehead atoms. The summed E-state index contributed by atoms with van der Waals surface area (Å²) in [5.74, 6) is -6.29. The Morgan fingerprint density at radius 2 is 0.829 bits per heavy atom. The number of nitrogens with two attached hydrogens (primary N) is 3. The summed E-state index contributed by atoms with van der Waals surface area (Å²) in [6.45, 7) is 18.2. The molecule has 31 nitrogen and oxygen atoms in total. The van der Waals surface area contributed by atoms with Crippen LogP contribution in [0.2, 0.25) is 0 Å². The van der Waals surface area contributed by atoms with Gasteiger partial charge in [0.15, 0.2) is 5.82 Å². The molecule has 1 aromatic heterocycles. The van der Waals surface area contributed by atoms with E-state index in [4.69, 9.17) is 32.5 Å². The lowest BCUT2D eigenvalue weighted by atomic mass is 10.1. The minimum atomic E-state index is -1.08. The number of aliphatic imine (C=N–C) groups is 2. The number of aliphatic hydroxyl groups excluding tert-OH is 2. The molecule has 0 amide bonds. The van der Waals surface area contributed by atoms with E-state index in [1.54, 1.807) is 69.2 Å². The number of carbonyl (C=O) groups excluding carboxylic acids is 8. The van der Waals surface area contributed by atoms with E-state index in [0.717, 1.165) is 22.7 Å². The average molecular weight is 1670 g/mol. The molecule has 0 saturated carbocycles. The van der Waals surface area contributed by atoms with Gasteiger partial charge in [0.1, 0.15) is 41.8 Å². The summed E-state index contributed by atoms with van der Waals surface area (Å²) in [5, 5.41) is 29.6. The topological polar surface area (TPSA) is 457 Å². The first-order valence-electron chi connectivity index (χ1n) is 35.5. The normalized spacial score (nSPS) is 13.6. The number of carbonyl (C=O) groups is 9. The van der Waals surface area contributed by atoms with Crippen LogP contribution in [0.1, 0.15) is 178 Å². The highest BCUT2D eigenvalue weighted by Gasteiger charge is 2.18. The van der Waals surface area contributed by atoms with Gasteiger partial charge in [-0.1, -0.05) is 99.9 Å². The summed E-state index contributed by atoms with van der Waals surface area (Å²) >= 11 is 3.30. The zero-order valence-corrected chi connectivity index (χ0v) is 69.8. The lowest BCUT2D eigenvalue weighted by molar-refractivity contribution is -0.286. The number of aromatic nitrogens is 2. The van der Waals surface area contributed by atoms with Gasteiger partial charge in [-0.05, 0) is 124 Å². The Morgan fingerprint density at radius 1 is 0.505 bits per heavy atom. The zero-order chi connectivity index (χ0) is 87.0. The number of rotatable bonds is 43. The number of methoxy groups -OCH3 is 8. The standard InChI is InChI=1S/C12H17FN2O4.C11H19FN2O2.C11H19FO4.C9H16FN3O2.C9H15FO3.C8H14O4.C7H13BrO2.C7H14O3/c1-8(11(16)18-3)5-4-6-10(13)7-15-9(2)14-19-12(15)17;1-8(11(15)16-3)5-4-6-10(12)7-14-9(2)13;1-4-15-16-8-10(12)7-5-6-9(2)11(13)14-3;1-6(11)13-5-7(10)3-2-4-8(12)9(14)15;1-7(9(12)13-2)4-3-5-8(10)6-11;1-6(8(10)12-3)4-5-7(9)11-2;2*1-6(4-3-5-8)7(9)10-2/h6,8H,4-5,7H2,1-3H3;6,8H,4-5,7H2,1-3H3,(H2,13,14);7,9H,4-6,8H2,1-3H3;3,8H,2,4-5,12H2,1H3,(H2,11,13)(H,14,15);5,7,11H,3-4,6H2,1-2H3;6H,4-5H2,1-3H3;6H,3-5H2,1-2H3;6,8H,3-5H2,1-2H3/b2*10-6-;10-7-;7-3-;8-5-;;;. The first-order valence-corrected chi connectivity index (χ1v) is 36.7. The van der Waals surface area contributed by atoms with E-state index in [0.29, 0.717) is 94.7 Å². The molecule has 9 N–H and O–H groups in total. The van der Waals surface area contributed by atoms with E-state index in [1.807, 2.05) is 6.92 Å². The first-order chi connectivity index (χ1) is 52.1. The van der Waals surface area contributed by atoms with Gasteiger partial charge in [0, 0.05) is 18.4 Å². The lowest BCUT2D eigenvalue weighted by Gasteiger charge is -2.06. The maximum atomic E-state index is 13.6. The number of aryl methyl sites for hydroxylation is 1. The maximum absolute atomic E-state index is 13.6. The molecule has 0 aromatic carbocycles. The Labute approximate surface area is 658 Å². The number of carboxylic acids is 1. The van der Waals surface area contributed by atoms with Gasteiger partial charge in [-0.15, -0.1) is 0 Å².